The molecule has 133 valence electrons. The molecule has 0 aromatic heterocycles. The van der Waals surface area contributed by atoms with E-state index >= 15 is 0 Å². The molecule has 0 bridgehead atoms. The first-order valence-corrected chi connectivity index (χ1v) is 9.29. The van der Waals surface area contributed by atoms with Gasteiger partial charge < -0.3 is 5.32 Å². The van der Waals surface area contributed by atoms with Crippen LogP contribution in [0.2, 0.25) is 0 Å². The van der Waals surface area contributed by atoms with E-state index in [0.717, 1.165) is 5.06 Å². The van der Waals surface area contributed by atoms with Gasteiger partial charge in [-0.25, -0.2) is 13.6 Å². The molecule has 0 saturated carbocycles. The summed E-state index contributed by atoms with van der Waals surface area (Å²) in [4.78, 5) is 12.4. The van der Waals surface area contributed by atoms with Gasteiger partial charge in [-0.2, -0.15) is 0 Å². The number of hydroxylamine groups is 2. The molecule has 1 aromatic rings. The van der Waals surface area contributed by atoms with Gasteiger partial charge in [0.25, 0.3) is 5.91 Å². The lowest BCUT2D eigenvalue weighted by atomic mass is 9.79. The molecule has 3 N–H and O–H groups in total. The quantitative estimate of drug-likeness (QED) is 0.855. The van der Waals surface area contributed by atoms with Gasteiger partial charge in [0.05, 0.1) is 4.90 Å². The highest BCUT2D eigenvalue weighted by Crippen LogP contribution is 2.37. The van der Waals surface area contributed by atoms with Crippen molar-refractivity contribution in [2.45, 2.75) is 62.6 Å². The summed E-state index contributed by atoms with van der Waals surface area (Å²) in [6.45, 7) is 7.45. The van der Waals surface area contributed by atoms with Gasteiger partial charge in [0.2, 0.25) is 10.0 Å². The maximum Gasteiger partial charge on any atom is 0.251 e. The minimum atomic E-state index is -3.78. The van der Waals surface area contributed by atoms with E-state index in [-0.39, 0.29) is 16.8 Å². The second kappa shape index (κ2) is 6.11. The first kappa shape index (κ1) is 18.9. The van der Waals surface area contributed by atoms with Crippen molar-refractivity contribution in [1.82, 2.24) is 10.4 Å². The lowest BCUT2D eigenvalue weighted by Gasteiger charge is -2.50. The highest BCUT2D eigenvalue weighted by Gasteiger charge is 2.46. The largest absolute Gasteiger partial charge is 0.349 e. The van der Waals surface area contributed by atoms with Crippen LogP contribution in [-0.4, -0.2) is 36.5 Å². The zero-order chi connectivity index (χ0) is 18.3. The fraction of sp³-hybridized carbons (Fsp3) is 0.562. The second-order valence-electron chi connectivity index (χ2n) is 7.57. The SMILES string of the molecule is CC1(C)CC(NC(=O)c2ccc(S(N)(=O)=O)cc2)CC(C)(C)N1[O]. The van der Waals surface area contributed by atoms with E-state index in [1.807, 2.05) is 27.7 Å². The minimum absolute atomic E-state index is 0.0408. The van der Waals surface area contributed by atoms with Crippen LogP contribution in [0.1, 0.15) is 50.9 Å². The zero-order valence-corrected chi connectivity index (χ0v) is 15.2. The molecule has 1 saturated heterocycles. The summed E-state index contributed by atoms with van der Waals surface area (Å²) in [6.07, 6.45) is 1.09. The monoisotopic (exact) mass is 354 g/mol. The molecule has 0 atom stereocenters. The van der Waals surface area contributed by atoms with Gasteiger partial charge in [0, 0.05) is 22.7 Å². The van der Waals surface area contributed by atoms with Crippen LogP contribution in [-0.2, 0) is 15.2 Å². The second-order valence-corrected chi connectivity index (χ2v) is 9.13. The van der Waals surface area contributed by atoms with Crippen molar-refractivity contribution in [3.05, 3.63) is 29.8 Å². The first-order chi connectivity index (χ1) is 10.8. The molecule has 8 heteroatoms. The van der Waals surface area contributed by atoms with E-state index in [0.29, 0.717) is 18.4 Å². The van der Waals surface area contributed by atoms with E-state index < -0.39 is 21.1 Å². The summed E-state index contributed by atoms with van der Waals surface area (Å²) < 4.78 is 22.5. The summed E-state index contributed by atoms with van der Waals surface area (Å²) in [7, 11) is -3.78. The van der Waals surface area contributed by atoms with E-state index in [1.54, 1.807) is 0 Å². The van der Waals surface area contributed by atoms with Crippen LogP contribution in [0.4, 0.5) is 0 Å². The van der Waals surface area contributed by atoms with Gasteiger partial charge in [-0.15, -0.1) is 10.3 Å². The highest BCUT2D eigenvalue weighted by molar-refractivity contribution is 7.89. The van der Waals surface area contributed by atoms with E-state index in [2.05, 4.69) is 5.32 Å². The van der Waals surface area contributed by atoms with Gasteiger partial charge in [-0.1, -0.05) is 0 Å². The lowest BCUT2D eigenvalue weighted by Crippen LogP contribution is -2.62. The highest BCUT2D eigenvalue weighted by atomic mass is 32.2. The number of rotatable bonds is 3. The third-order valence-electron chi connectivity index (χ3n) is 4.37. The van der Waals surface area contributed by atoms with Gasteiger partial charge in [0.15, 0.2) is 0 Å². The number of amides is 1. The van der Waals surface area contributed by atoms with Crippen LogP contribution in [0.3, 0.4) is 0 Å². The number of nitrogens with one attached hydrogen (secondary N) is 1. The molecular weight excluding hydrogens is 330 g/mol. The van der Waals surface area contributed by atoms with Crippen molar-refractivity contribution in [2.75, 3.05) is 0 Å². The fourth-order valence-electron chi connectivity index (χ4n) is 3.43. The fourth-order valence-corrected chi connectivity index (χ4v) is 3.95. The Morgan fingerprint density at radius 2 is 1.58 bits per heavy atom. The Kier molecular flexibility index (Phi) is 4.80. The molecule has 0 spiro atoms. The van der Waals surface area contributed by atoms with Crippen LogP contribution in [0, 0.1) is 0 Å². The average molecular weight is 354 g/mol. The van der Waals surface area contributed by atoms with Crippen molar-refractivity contribution in [3.8, 4) is 0 Å². The Hall–Kier alpha value is -1.48. The number of nitrogens with two attached hydrogens (primary N) is 1. The Labute approximate surface area is 142 Å². The van der Waals surface area contributed by atoms with E-state index in [1.165, 1.54) is 24.3 Å². The van der Waals surface area contributed by atoms with Gasteiger partial charge in [-0.3, -0.25) is 4.79 Å². The normalized spacial score (nSPS) is 21.4. The van der Waals surface area contributed by atoms with Crippen LogP contribution < -0.4 is 10.5 Å². The smallest absolute Gasteiger partial charge is 0.251 e. The molecule has 7 nitrogen and oxygen atoms in total. The summed E-state index contributed by atoms with van der Waals surface area (Å²) >= 11 is 0. The molecule has 0 aliphatic carbocycles. The lowest BCUT2D eigenvalue weighted by molar-refractivity contribution is -0.289. The molecular formula is C16H24N3O4S. The minimum Gasteiger partial charge on any atom is -0.349 e. The number of carbonyl (C=O) groups excluding carboxylic acids is 1. The standard InChI is InChI=1S/C16H24N3O4S/c1-15(2)9-12(10-16(3,4)19(15)21)18-14(20)11-5-7-13(8-6-11)24(17,22)23/h5-8,12H,9-10H2,1-4H3,(H,18,20)(H2,17,22,23). The van der Waals surface area contributed by atoms with Crippen LogP contribution >= 0.6 is 0 Å². The van der Waals surface area contributed by atoms with Crippen molar-refractivity contribution in [1.29, 1.82) is 0 Å². The average Bonchev–Trinajstić information content (AvgIpc) is 2.43. The number of benzene rings is 1. The van der Waals surface area contributed by atoms with Crippen molar-refractivity contribution < 1.29 is 18.4 Å². The third kappa shape index (κ3) is 3.94. The van der Waals surface area contributed by atoms with Crippen molar-refractivity contribution in [2.24, 2.45) is 5.14 Å². The third-order valence-corrected chi connectivity index (χ3v) is 5.30. The number of primary sulfonamides is 1. The van der Waals surface area contributed by atoms with Gasteiger partial charge in [-0.05, 0) is 64.8 Å². The van der Waals surface area contributed by atoms with E-state index in [4.69, 9.17) is 5.14 Å². The number of hydrogen-bond donors (Lipinski definition) is 2. The number of carbonyl (C=O) groups is 1. The topological polar surface area (TPSA) is 112 Å². The summed E-state index contributed by atoms with van der Waals surface area (Å²) in [6, 6.07) is 5.32. The predicted molar refractivity (Wildman–Crippen MR) is 89.0 cm³/mol. The first-order valence-electron chi connectivity index (χ1n) is 7.74. The summed E-state index contributed by atoms with van der Waals surface area (Å²) in [5, 5.41) is 21.4. The molecule has 1 heterocycles. The number of piperidine rings is 1. The number of hydrogen-bond acceptors (Lipinski definition) is 4. The molecule has 1 aliphatic rings. The van der Waals surface area contributed by atoms with Gasteiger partial charge in [0.1, 0.15) is 0 Å². The molecule has 1 fully saturated rings. The van der Waals surface area contributed by atoms with Crippen LogP contribution in [0.15, 0.2) is 29.2 Å². The molecule has 1 aromatic carbocycles. The van der Waals surface area contributed by atoms with E-state index in [9.17, 15) is 18.4 Å². The Bertz CT molecular complexity index is 708. The number of sulfonamides is 1. The zero-order valence-electron chi connectivity index (χ0n) is 14.4. The predicted octanol–water partition coefficient (Wildman–Crippen LogP) is 1.43. The molecule has 1 amide bonds. The maximum absolute atomic E-state index is 12.4. The van der Waals surface area contributed by atoms with Crippen molar-refractivity contribution >= 4 is 15.9 Å². The van der Waals surface area contributed by atoms with Crippen molar-refractivity contribution in [3.63, 3.8) is 0 Å². The summed E-state index contributed by atoms with van der Waals surface area (Å²) in [5.41, 5.74) is -0.795. The molecule has 24 heavy (non-hydrogen) atoms. The Morgan fingerprint density at radius 1 is 1.12 bits per heavy atom. The Morgan fingerprint density at radius 3 is 2.00 bits per heavy atom. The molecule has 1 aliphatic heterocycles. The Balaban J connectivity index is 2.12. The number of nitrogens with zero attached hydrogens (tertiary/aromatic N) is 1. The summed E-state index contributed by atoms with van der Waals surface area (Å²) in [5.74, 6) is -0.299. The molecule has 1 radical (unpaired) electrons. The molecule has 0 unspecified atom stereocenters. The van der Waals surface area contributed by atoms with Gasteiger partial charge >= 0.3 is 0 Å². The van der Waals surface area contributed by atoms with Crippen LogP contribution in [0.5, 0.6) is 0 Å². The maximum atomic E-state index is 12.4. The molecule has 2 rings (SSSR count). The van der Waals surface area contributed by atoms with Crippen LogP contribution in [0.25, 0.3) is 0 Å².